The Labute approximate surface area is 124 Å². The van der Waals surface area contributed by atoms with Crippen LogP contribution in [0, 0.1) is 6.92 Å². The molecule has 2 N–H and O–H groups in total. The van der Waals surface area contributed by atoms with Crippen LogP contribution in [0.3, 0.4) is 0 Å². The van der Waals surface area contributed by atoms with Crippen molar-refractivity contribution in [2.45, 2.75) is 32.9 Å². The molecule has 1 aromatic heterocycles. The van der Waals surface area contributed by atoms with Gasteiger partial charge >= 0.3 is 0 Å². The molecule has 4 heteroatoms. The van der Waals surface area contributed by atoms with Gasteiger partial charge in [0.15, 0.2) is 0 Å². The number of thiophene rings is 1. The Morgan fingerprint density at radius 1 is 1.10 bits per heavy atom. The van der Waals surface area contributed by atoms with Gasteiger partial charge in [0.1, 0.15) is 17.6 Å². The molecular formula is C16H21NO2S. The van der Waals surface area contributed by atoms with Crippen molar-refractivity contribution in [2.24, 2.45) is 5.73 Å². The Hall–Kier alpha value is -1.52. The second-order valence-electron chi connectivity index (χ2n) is 4.75. The molecule has 0 bridgehead atoms. The van der Waals surface area contributed by atoms with E-state index in [0.29, 0.717) is 6.61 Å². The van der Waals surface area contributed by atoms with Crippen LogP contribution < -0.4 is 15.2 Å². The predicted octanol–water partition coefficient (Wildman–Crippen LogP) is 3.92. The molecule has 0 aliphatic rings. The normalized spacial score (nSPS) is 13.8. The highest BCUT2D eigenvalue weighted by atomic mass is 32.1. The first-order chi connectivity index (χ1) is 9.60. The Morgan fingerprint density at radius 2 is 1.75 bits per heavy atom. The van der Waals surface area contributed by atoms with Gasteiger partial charge in [-0.15, -0.1) is 11.3 Å². The fraction of sp³-hybridized carbons (Fsp3) is 0.375. The molecule has 0 saturated heterocycles. The first-order valence-corrected chi connectivity index (χ1v) is 7.63. The van der Waals surface area contributed by atoms with Crippen LogP contribution in [-0.2, 0) is 0 Å². The molecule has 20 heavy (non-hydrogen) atoms. The van der Waals surface area contributed by atoms with Gasteiger partial charge in [-0.3, -0.25) is 0 Å². The molecule has 2 rings (SSSR count). The van der Waals surface area contributed by atoms with Crippen LogP contribution in [0.4, 0.5) is 0 Å². The zero-order chi connectivity index (χ0) is 14.5. The van der Waals surface area contributed by atoms with Crippen LogP contribution in [0.15, 0.2) is 36.4 Å². The van der Waals surface area contributed by atoms with E-state index in [0.717, 1.165) is 16.4 Å². The van der Waals surface area contributed by atoms with Gasteiger partial charge in [-0.2, -0.15) is 0 Å². The van der Waals surface area contributed by atoms with Crippen LogP contribution in [0.5, 0.6) is 11.5 Å². The lowest BCUT2D eigenvalue weighted by atomic mass is 10.1. The van der Waals surface area contributed by atoms with Gasteiger partial charge in [0.05, 0.1) is 6.61 Å². The lowest BCUT2D eigenvalue weighted by molar-refractivity contribution is 0.184. The first kappa shape index (κ1) is 14.9. The molecule has 0 saturated carbocycles. The number of hydrogen-bond acceptors (Lipinski definition) is 4. The van der Waals surface area contributed by atoms with E-state index in [4.69, 9.17) is 15.2 Å². The molecule has 0 fully saturated rings. The van der Waals surface area contributed by atoms with Crippen molar-refractivity contribution in [1.82, 2.24) is 0 Å². The maximum absolute atomic E-state index is 6.06. The van der Waals surface area contributed by atoms with E-state index in [9.17, 15) is 0 Å². The summed E-state index contributed by atoms with van der Waals surface area (Å²) in [6, 6.07) is 11.8. The maximum atomic E-state index is 6.06. The molecule has 2 atom stereocenters. The van der Waals surface area contributed by atoms with E-state index in [2.05, 4.69) is 19.1 Å². The lowest BCUT2D eigenvalue weighted by Gasteiger charge is -2.21. The molecule has 2 unspecified atom stereocenters. The second-order valence-corrected chi connectivity index (χ2v) is 6.07. The number of aryl methyl sites for hydroxylation is 1. The third-order valence-corrected chi connectivity index (χ3v) is 3.98. The van der Waals surface area contributed by atoms with Gasteiger partial charge in [-0.1, -0.05) is 0 Å². The van der Waals surface area contributed by atoms with Crippen molar-refractivity contribution in [1.29, 1.82) is 0 Å². The van der Waals surface area contributed by atoms with Crippen molar-refractivity contribution in [3.05, 3.63) is 46.2 Å². The Balaban J connectivity index is 2.12. The number of nitrogens with two attached hydrogens (primary N) is 1. The first-order valence-electron chi connectivity index (χ1n) is 6.81. The van der Waals surface area contributed by atoms with Crippen LogP contribution in [0.25, 0.3) is 0 Å². The Bertz CT molecular complexity index is 534. The zero-order valence-corrected chi connectivity index (χ0v) is 12.9. The summed E-state index contributed by atoms with van der Waals surface area (Å²) in [5.41, 5.74) is 6.06. The summed E-state index contributed by atoms with van der Waals surface area (Å²) >= 11 is 1.73. The number of benzene rings is 1. The van der Waals surface area contributed by atoms with Crippen molar-refractivity contribution < 1.29 is 9.47 Å². The summed E-state index contributed by atoms with van der Waals surface area (Å²) in [5, 5.41) is 0. The quantitative estimate of drug-likeness (QED) is 0.877. The van der Waals surface area contributed by atoms with Crippen LogP contribution in [-0.4, -0.2) is 12.6 Å². The summed E-state index contributed by atoms with van der Waals surface area (Å²) in [5.74, 6) is 1.66. The molecule has 0 aliphatic carbocycles. The summed E-state index contributed by atoms with van der Waals surface area (Å²) < 4.78 is 11.5. The largest absolute Gasteiger partial charge is 0.494 e. The monoisotopic (exact) mass is 291 g/mol. The van der Waals surface area contributed by atoms with Gasteiger partial charge in [-0.05, 0) is 57.2 Å². The van der Waals surface area contributed by atoms with E-state index >= 15 is 0 Å². The Morgan fingerprint density at radius 3 is 2.25 bits per heavy atom. The molecule has 1 heterocycles. The average molecular weight is 291 g/mol. The van der Waals surface area contributed by atoms with Gasteiger partial charge in [0, 0.05) is 15.8 Å². The smallest absolute Gasteiger partial charge is 0.148 e. The standard InChI is InChI=1S/C16H21NO2S/c1-4-18-13-6-8-14(9-7-13)19-16(12(3)17)15-10-5-11(2)20-15/h5-10,12,16H,4,17H2,1-3H3. The summed E-state index contributed by atoms with van der Waals surface area (Å²) in [6.45, 7) is 6.68. The van der Waals surface area contributed by atoms with Crippen molar-refractivity contribution in [2.75, 3.05) is 6.61 Å². The minimum Gasteiger partial charge on any atom is -0.494 e. The highest BCUT2D eigenvalue weighted by Crippen LogP contribution is 2.30. The maximum Gasteiger partial charge on any atom is 0.148 e. The summed E-state index contributed by atoms with van der Waals surface area (Å²) in [7, 11) is 0. The minimum atomic E-state index is -0.119. The Kier molecular flexibility index (Phi) is 5.04. The highest BCUT2D eigenvalue weighted by Gasteiger charge is 2.20. The van der Waals surface area contributed by atoms with Crippen molar-refractivity contribution >= 4 is 11.3 Å². The molecule has 108 valence electrons. The van der Waals surface area contributed by atoms with Crippen molar-refractivity contribution in [3.63, 3.8) is 0 Å². The molecule has 2 aromatic rings. The molecular weight excluding hydrogens is 270 g/mol. The topological polar surface area (TPSA) is 44.5 Å². The zero-order valence-electron chi connectivity index (χ0n) is 12.1. The minimum absolute atomic E-state index is 0.0698. The molecule has 0 radical (unpaired) electrons. The fourth-order valence-electron chi connectivity index (χ4n) is 1.96. The number of rotatable bonds is 6. The predicted molar refractivity (Wildman–Crippen MR) is 83.7 cm³/mol. The number of hydrogen-bond donors (Lipinski definition) is 1. The molecule has 0 spiro atoms. The average Bonchev–Trinajstić information content (AvgIpc) is 2.84. The second kappa shape index (κ2) is 6.77. The fourth-order valence-corrected chi connectivity index (χ4v) is 2.98. The molecule has 3 nitrogen and oxygen atoms in total. The van der Waals surface area contributed by atoms with E-state index < -0.39 is 0 Å². The molecule has 1 aromatic carbocycles. The molecule has 0 aliphatic heterocycles. The highest BCUT2D eigenvalue weighted by molar-refractivity contribution is 7.12. The van der Waals surface area contributed by atoms with Crippen LogP contribution >= 0.6 is 11.3 Å². The third kappa shape index (κ3) is 3.74. The van der Waals surface area contributed by atoms with E-state index in [1.807, 2.05) is 38.1 Å². The van der Waals surface area contributed by atoms with Gasteiger partial charge in [-0.25, -0.2) is 0 Å². The van der Waals surface area contributed by atoms with Gasteiger partial charge in [0.25, 0.3) is 0 Å². The van der Waals surface area contributed by atoms with Gasteiger partial charge < -0.3 is 15.2 Å². The SMILES string of the molecule is CCOc1ccc(OC(c2ccc(C)s2)C(C)N)cc1. The van der Waals surface area contributed by atoms with Gasteiger partial charge in [0.2, 0.25) is 0 Å². The van der Waals surface area contributed by atoms with E-state index in [1.165, 1.54) is 4.88 Å². The third-order valence-electron chi connectivity index (χ3n) is 2.92. The van der Waals surface area contributed by atoms with Crippen LogP contribution in [0.2, 0.25) is 0 Å². The summed E-state index contributed by atoms with van der Waals surface area (Å²) in [4.78, 5) is 2.42. The molecule has 0 amide bonds. The van der Waals surface area contributed by atoms with E-state index in [-0.39, 0.29) is 12.1 Å². The lowest BCUT2D eigenvalue weighted by Crippen LogP contribution is -2.28. The van der Waals surface area contributed by atoms with Crippen molar-refractivity contribution in [3.8, 4) is 11.5 Å². The summed E-state index contributed by atoms with van der Waals surface area (Å²) in [6.07, 6.45) is -0.119. The van der Waals surface area contributed by atoms with Crippen LogP contribution in [0.1, 0.15) is 29.7 Å². The number of ether oxygens (including phenoxy) is 2. The van der Waals surface area contributed by atoms with E-state index in [1.54, 1.807) is 11.3 Å².